The molecular weight excluding hydrogens is 488 g/mol. The fraction of sp³-hybridized carbons (Fsp3) is 0. The summed E-state index contributed by atoms with van der Waals surface area (Å²) in [5, 5.41) is 19.6. The number of hydrogen-bond donors (Lipinski definition) is 2. The molecule has 0 saturated heterocycles. The predicted octanol–water partition coefficient (Wildman–Crippen LogP) is 6.83. The molecule has 39 heavy (non-hydrogen) atoms. The van der Waals surface area contributed by atoms with Crippen molar-refractivity contribution >= 4 is 50.4 Å². The van der Waals surface area contributed by atoms with Gasteiger partial charge in [0.1, 0.15) is 11.5 Å². The first-order chi connectivity index (χ1) is 19.1. The van der Waals surface area contributed by atoms with Crippen LogP contribution in [0, 0.1) is 0 Å². The van der Waals surface area contributed by atoms with Gasteiger partial charge in [-0.05, 0) is 45.1 Å². The lowest BCUT2D eigenvalue weighted by Crippen LogP contribution is -2.18. The number of rotatable bonds is 5. The summed E-state index contributed by atoms with van der Waals surface area (Å²) in [4.78, 5) is 26.1. The minimum absolute atomic E-state index is 0.103. The van der Waals surface area contributed by atoms with Gasteiger partial charge < -0.3 is 9.84 Å². The number of carbonyl (C=O) groups is 2. The van der Waals surface area contributed by atoms with Crippen LogP contribution in [0.4, 0.5) is 0 Å². The van der Waals surface area contributed by atoms with Gasteiger partial charge in [0.25, 0.3) is 5.91 Å². The van der Waals surface area contributed by atoms with Crippen molar-refractivity contribution in [2.24, 2.45) is 5.10 Å². The molecule has 2 N–H and O–H groups in total. The van der Waals surface area contributed by atoms with Crippen LogP contribution >= 0.6 is 0 Å². The zero-order valence-electron chi connectivity index (χ0n) is 20.7. The Hall–Kier alpha value is -5.49. The summed E-state index contributed by atoms with van der Waals surface area (Å²) in [6.45, 7) is 0. The summed E-state index contributed by atoms with van der Waals surface area (Å²) < 4.78 is 5.87. The molecule has 6 aromatic rings. The van der Waals surface area contributed by atoms with E-state index in [-0.39, 0.29) is 11.3 Å². The maximum Gasteiger partial charge on any atom is 0.344 e. The number of carbonyl (C=O) groups excluding carboxylic acids is 2. The Morgan fingerprint density at radius 2 is 1.23 bits per heavy atom. The van der Waals surface area contributed by atoms with Crippen LogP contribution in [0.3, 0.4) is 0 Å². The van der Waals surface area contributed by atoms with Gasteiger partial charge in [-0.3, -0.25) is 4.79 Å². The van der Waals surface area contributed by atoms with Gasteiger partial charge in [0.2, 0.25) is 0 Å². The summed E-state index contributed by atoms with van der Waals surface area (Å²) >= 11 is 0. The van der Waals surface area contributed by atoms with Gasteiger partial charge in [-0.15, -0.1) is 0 Å². The zero-order valence-corrected chi connectivity index (χ0v) is 20.7. The normalized spacial score (nSPS) is 11.3. The number of phenols is 1. The van der Waals surface area contributed by atoms with Crippen LogP contribution in [0.15, 0.2) is 120 Å². The van der Waals surface area contributed by atoms with Gasteiger partial charge in [0.15, 0.2) is 0 Å². The number of nitrogens with one attached hydrogen (secondary N) is 1. The maximum atomic E-state index is 13.3. The molecule has 1 amide bonds. The van der Waals surface area contributed by atoms with E-state index in [0.29, 0.717) is 22.3 Å². The first-order valence-electron chi connectivity index (χ1n) is 12.4. The molecule has 0 atom stereocenters. The second-order valence-corrected chi connectivity index (χ2v) is 9.00. The molecule has 188 valence electrons. The molecule has 0 unspecified atom stereocenters. The van der Waals surface area contributed by atoms with Crippen molar-refractivity contribution in [2.75, 3.05) is 0 Å². The van der Waals surface area contributed by atoms with Crippen molar-refractivity contribution < 1.29 is 19.4 Å². The maximum absolute atomic E-state index is 13.3. The van der Waals surface area contributed by atoms with Gasteiger partial charge >= 0.3 is 5.97 Å². The standard InChI is InChI=1S/C33H22N2O4/c36-31-26-14-6-3-10-23(26)16-18-28(31)32(37)35-34-20-29-25-13-5-2-9-22(25)17-19-30(29)39-33(38)27-15-7-11-21-8-1-4-12-24(21)27/h1-20,36H,(H,35,37). The van der Waals surface area contributed by atoms with Crippen LogP contribution in [-0.4, -0.2) is 23.2 Å². The summed E-state index contributed by atoms with van der Waals surface area (Å²) in [5.41, 5.74) is 3.57. The molecule has 0 aliphatic rings. The van der Waals surface area contributed by atoms with Crippen LogP contribution in [0.5, 0.6) is 11.5 Å². The third-order valence-corrected chi connectivity index (χ3v) is 6.65. The number of amides is 1. The Kier molecular flexibility index (Phi) is 6.19. The smallest absolute Gasteiger partial charge is 0.344 e. The minimum Gasteiger partial charge on any atom is -0.506 e. The first-order valence-corrected chi connectivity index (χ1v) is 12.4. The quantitative estimate of drug-likeness (QED) is 0.115. The van der Waals surface area contributed by atoms with Crippen LogP contribution < -0.4 is 10.2 Å². The lowest BCUT2D eigenvalue weighted by atomic mass is 10.0. The number of esters is 1. The van der Waals surface area contributed by atoms with Crippen LogP contribution in [0.25, 0.3) is 32.3 Å². The average molecular weight is 511 g/mol. The molecule has 0 aliphatic carbocycles. The van der Waals surface area contributed by atoms with Gasteiger partial charge in [0.05, 0.1) is 17.3 Å². The van der Waals surface area contributed by atoms with Crippen LogP contribution in [0.2, 0.25) is 0 Å². The molecule has 0 bridgehead atoms. The van der Waals surface area contributed by atoms with Crippen molar-refractivity contribution in [2.45, 2.75) is 0 Å². The van der Waals surface area contributed by atoms with E-state index in [4.69, 9.17) is 4.74 Å². The molecule has 6 heteroatoms. The van der Waals surface area contributed by atoms with E-state index in [0.717, 1.165) is 26.9 Å². The monoisotopic (exact) mass is 510 g/mol. The van der Waals surface area contributed by atoms with E-state index in [1.54, 1.807) is 36.4 Å². The third kappa shape index (κ3) is 4.55. The minimum atomic E-state index is -0.566. The molecule has 0 fully saturated rings. The van der Waals surface area contributed by atoms with Gasteiger partial charge in [-0.1, -0.05) is 97.1 Å². The molecule has 0 radical (unpaired) electrons. The summed E-state index contributed by atoms with van der Waals surface area (Å²) in [5.74, 6) is -0.875. The fourth-order valence-electron chi connectivity index (χ4n) is 4.71. The Bertz CT molecular complexity index is 1920. The van der Waals surface area contributed by atoms with E-state index in [9.17, 15) is 14.7 Å². The number of aromatic hydroxyl groups is 1. The lowest BCUT2D eigenvalue weighted by Gasteiger charge is -2.12. The number of hydrazone groups is 1. The Balaban J connectivity index is 1.32. The number of nitrogens with zero attached hydrogens (tertiary/aromatic N) is 1. The highest BCUT2D eigenvalue weighted by atomic mass is 16.5. The van der Waals surface area contributed by atoms with E-state index in [1.165, 1.54) is 6.21 Å². The van der Waals surface area contributed by atoms with Gasteiger partial charge in [-0.25, -0.2) is 10.2 Å². The summed E-state index contributed by atoms with van der Waals surface area (Å²) in [6.07, 6.45) is 1.45. The highest BCUT2D eigenvalue weighted by molar-refractivity contribution is 6.08. The van der Waals surface area contributed by atoms with Crippen molar-refractivity contribution in [1.29, 1.82) is 0 Å². The van der Waals surface area contributed by atoms with Gasteiger partial charge in [0, 0.05) is 10.9 Å². The summed E-state index contributed by atoms with van der Waals surface area (Å²) in [7, 11) is 0. The number of hydrogen-bond acceptors (Lipinski definition) is 5. The van der Waals surface area contributed by atoms with Crippen molar-refractivity contribution in [3.05, 3.63) is 132 Å². The molecule has 6 rings (SSSR count). The van der Waals surface area contributed by atoms with E-state index < -0.39 is 11.9 Å². The molecule has 0 aromatic heterocycles. The molecule has 0 aliphatic heterocycles. The van der Waals surface area contributed by atoms with E-state index in [1.807, 2.05) is 78.9 Å². The van der Waals surface area contributed by atoms with Crippen molar-refractivity contribution in [3.8, 4) is 11.5 Å². The molecule has 0 spiro atoms. The highest BCUT2D eigenvalue weighted by Crippen LogP contribution is 2.30. The SMILES string of the molecule is O=C(NN=Cc1c(OC(=O)c2cccc3ccccc23)ccc2ccccc12)c1ccc2ccccc2c1O. The number of fused-ring (bicyclic) bond motifs is 3. The second-order valence-electron chi connectivity index (χ2n) is 9.00. The lowest BCUT2D eigenvalue weighted by molar-refractivity contribution is 0.0736. The number of ether oxygens (including phenoxy) is 1. The molecular formula is C33H22N2O4. The molecule has 0 heterocycles. The first kappa shape index (κ1) is 23.9. The Labute approximate surface area is 223 Å². The van der Waals surface area contributed by atoms with E-state index >= 15 is 0 Å². The molecule has 0 saturated carbocycles. The zero-order chi connectivity index (χ0) is 26.8. The van der Waals surface area contributed by atoms with Crippen molar-refractivity contribution in [3.63, 3.8) is 0 Å². The topological polar surface area (TPSA) is 88.0 Å². The Morgan fingerprint density at radius 3 is 2.00 bits per heavy atom. The second kappa shape index (κ2) is 10.1. The van der Waals surface area contributed by atoms with Gasteiger partial charge in [-0.2, -0.15) is 5.10 Å². The third-order valence-electron chi connectivity index (χ3n) is 6.65. The van der Waals surface area contributed by atoms with Crippen molar-refractivity contribution in [1.82, 2.24) is 5.43 Å². The fourth-order valence-corrected chi connectivity index (χ4v) is 4.71. The highest BCUT2D eigenvalue weighted by Gasteiger charge is 2.17. The van der Waals surface area contributed by atoms with Crippen LogP contribution in [-0.2, 0) is 0 Å². The molecule has 6 aromatic carbocycles. The Morgan fingerprint density at radius 1 is 0.641 bits per heavy atom. The summed E-state index contributed by atoms with van der Waals surface area (Å²) in [6, 6.07) is 34.9. The number of phenolic OH excluding ortho intramolecular Hbond substituents is 1. The van der Waals surface area contributed by atoms with E-state index in [2.05, 4.69) is 10.5 Å². The molecule has 6 nitrogen and oxygen atoms in total. The largest absolute Gasteiger partial charge is 0.506 e. The average Bonchev–Trinajstić information content (AvgIpc) is 2.98. The number of benzene rings is 6. The van der Waals surface area contributed by atoms with Crippen LogP contribution in [0.1, 0.15) is 26.3 Å². The predicted molar refractivity (Wildman–Crippen MR) is 154 cm³/mol.